The average Bonchev–Trinajstić information content (AvgIpc) is 2.78. The second kappa shape index (κ2) is 6.77. The number of nitrogens with zero attached hydrogens (tertiary/aromatic N) is 2. The molecule has 2 rings (SSSR count). The first kappa shape index (κ1) is 14.1. The topological polar surface area (TPSA) is 43.8 Å². The fraction of sp³-hybridized carbons (Fsp3) is 0.583. The Balaban J connectivity index is 1.81. The number of carbonyl (C=O) groups is 1. The van der Waals surface area contributed by atoms with Crippen molar-refractivity contribution >= 4 is 33.0 Å². The third-order valence-corrected chi connectivity index (χ3v) is 5.00. The van der Waals surface area contributed by atoms with E-state index < -0.39 is 0 Å². The third kappa shape index (κ3) is 3.61. The number of thiophene rings is 1. The molecule has 1 aromatic rings. The number of hydrogen-bond acceptors (Lipinski definition) is 5. The van der Waals surface area contributed by atoms with Crippen LogP contribution in [0.5, 0.6) is 0 Å². The van der Waals surface area contributed by atoms with Crippen LogP contribution in [0.4, 0.5) is 0 Å². The molecule has 6 heteroatoms. The molecule has 0 atom stereocenters. The highest BCUT2D eigenvalue weighted by Gasteiger charge is 2.20. The number of Topliss-reactive ketones (excluding diaryl/α,β-unsaturated/α-hetero) is 1. The van der Waals surface area contributed by atoms with E-state index in [-0.39, 0.29) is 12.4 Å². The third-order valence-electron chi connectivity index (χ3n) is 3.12. The predicted octanol–water partition coefficient (Wildman–Crippen LogP) is 1.30. The Morgan fingerprint density at radius 3 is 2.56 bits per heavy atom. The maximum atomic E-state index is 12.1. The zero-order valence-electron chi connectivity index (χ0n) is 10.1. The number of aliphatic hydroxyl groups is 1. The minimum atomic E-state index is 0.187. The van der Waals surface area contributed by atoms with Gasteiger partial charge in [-0.25, -0.2) is 0 Å². The van der Waals surface area contributed by atoms with E-state index >= 15 is 0 Å². The Labute approximate surface area is 119 Å². The lowest BCUT2D eigenvalue weighted by Crippen LogP contribution is -2.48. The molecule has 0 unspecified atom stereocenters. The Hall–Kier alpha value is -0.270. The Morgan fingerprint density at radius 2 is 2.00 bits per heavy atom. The molecule has 1 aliphatic rings. The van der Waals surface area contributed by atoms with Crippen molar-refractivity contribution in [1.29, 1.82) is 0 Å². The molecule has 0 radical (unpaired) electrons. The second-order valence-electron chi connectivity index (χ2n) is 4.36. The van der Waals surface area contributed by atoms with E-state index in [9.17, 15) is 4.79 Å². The molecule has 0 saturated carbocycles. The van der Waals surface area contributed by atoms with E-state index in [1.54, 1.807) is 0 Å². The summed E-state index contributed by atoms with van der Waals surface area (Å²) >= 11 is 4.89. The van der Waals surface area contributed by atoms with Gasteiger partial charge in [0.2, 0.25) is 0 Å². The molecule has 18 heavy (non-hydrogen) atoms. The van der Waals surface area contributed by atoms with Crippen LogP contribution in [-0.4, -0.2) is 66.6 Å². The number of halogens is 1. The van der Waals surface area contributed by atoms with Crippen LogP contribution in [0.25, 0.3) is 0 Å². The monoisotopic (exact) mass is 332 g/mol. The van der Waals surface area contributed by atoms with Gasteiger partial charge in [0.15, 0.2) is 5.78 Å². The highest BCUT2D eigenvalue weighted by atomic mass is 79.9. The van der Waals surface area contributed by atoms with Gasteiger partial charge < -0.3 is 5.11 Å². The molecule has 1 aromatic heterocycles. The molecule has 0 bridgehead atoms. The van der Waals surface area contributed by atoms with E-state index in [4.69, 9.17) is 5.11 Å². The normalized spacial score (nSPS) is 18.1. The Kier molecular flexibility index (Phi) is 5.32. The van der Waals surface area contributed by atoms with Crippen molar-refractivity contribution in [2.24, 2.45) is 0 Å². The van der Waals surface area contributed by atoms with Gasteiger partial charge in [0.1, 0.15) is 0 Å². The van der Waals surface area contributed by atoms with E-state index in [2.05, 4.69) is 25.7 Å². The van der Waals surface area contributed by atoms with Crippen LogP contribution in [0, 0.1) is 0 Å². The highest BCUT2D eigenvalue weighted by Crippen LogP contribution is 2.23. The molecule has 1 aliphatic heterocycles. The van der Waals surface area contributed by atoms with Gasteiger partial charge in [0.05, 0.1) is 18.0 Å². The summed E-state index contributed by atoms with van der Waals surface area (Å²) < 4.78 is 0.899. The maximum absolute atomic E-state index is 12.1. The zero-order chi connectivity index (χ0) is 13.0. The molecule has 1 saturated heterocycles. The summed E-state index contributed by atoms with van der Waals surface area (Å²) in [6.45, 7) is 5.09. The van der Waals surface area contributed by atoms with Crippen molar-refractivity contribution in [2.75, 3.05) is 45.9 Å². The summed E-state index contributed by atoms with van der Waals surface area (Å²) in [7, 11) is 0. The first-order valence-corrected chi connectivity index (χ1v) is 7.69. The van der Waals surface area contributed by atoms with Crippen LogP contribution < -0.4 is 0 Å². The number of rotatable bonds is 5. The number of piperazine rings is 1. The van der Waals surface area contributed by atoms with E-state index in [1.807, 2.05) is 11.4 Å². The van der Waals surface area contributed by atoms with Gasteiger partial charge >= 0.3 is 0 Å². The number of ketones is 1. The summed E-state index contributed by atoms with van der Waals surface area (Å²) in [6.07, 6.45) is 0. The molecule has 2 heterocycles. The van der Waals surface area contributed by atoms with Crippen LogP contribution in [0.3, 0.4) is 0 Å². The van der Waals surface area contributed by atoms with Crippen LogP contribution >= 0.6 is 27.3 Å². The minimum absolute atomic E-state index is 0.187. The van der Waals surface area contributed by atoms with Crippen LogP contribution in [0.15, 0.2) is 15.9 Å². The van der Waals surface area contributed by atoms with Crippen LogP contribution in [-0.2, 0) is 0 Å². The lowest BCUT2D eigenvalue weighted by molar-refractivity contribution is 0.0825. The molecule has 100 valence electrons. The predicted molar refractivity (Wildman–Crippen MR) is 76.3 cm³/mol. The first-order chi connectivity index (χ1) is 8.70. The number of carbonyl (C=O) groups excluding carboxylic acids is 1. The molecule has 1 N–H and O–H groups in total. The lowest BCUT2D eigenvalue weighted by atomic mass is 10.2. The van der Waals surface area contributed by atoms with Crippen molar-refractivity contribution < 1.29 is 9.90 Å². The van der Waals surface area contributed by atoms with Gasteiger partial charge in [-0.3, -0.25) is 14.6 Å². The van der Waals surface area contributed by atoms with Crippen LogP contribution in [0.2, 0.25) is 0 Å². The van der Waals surface area contributed by atoms with Gasteiger partial charge in [0, 0.05) is 37.2 Å². The molecule has 0 amide bonds. The number of β-amino-alcohol motifs (C(OH)–C–C–N with tert-alkyl or cyclic N) is 1. The minimum Gasteiger partial charge on any atom is -0.395 e. The van der Waals surface area contributed by atoms with Crippen molar-refractivity contribution in [3.8, 4) is 0 Å². The van der Waals surface area contributed by atoms with Gasteiger partial charge in [-0.05, 0) is 27.4 Å². The average molecular weight is 333 g/mol. The summed E-state index contributed by atoms with van der Waals surface area (Å²) in [6, 6.07) is 1.91. The number of aliphatic hydroxyl groups excluding tert-OH is 1. The van der Waals surface area contributed by atoms with Gasteiger partial charge in [0.25, 0.3) is 0 Å². The van der Waals surface area contributed by atoms with Crippen molar-refractivity contribution in [3.63, 3.8) is 0 Å². The van der Waals surface area contributed by atoms with Gasteiger partial charge in [-0.1, -0.05) is 0 Å². The molecule has 4 nitrogen and oxygen atoms in total. The summed E-state index contributed by atoms with van der Waals surface area (Å²) in [5.74, 6) is 0.187. The summed E-state index contributed by atoms with van der Waals surface area (Å²) in [4.78, 5) is 17.3. The molecular formula is C12H17BrN2O2S. The number of hydrogen-bond donors (Lipinski definition) is 1. The summed E-state index contributed by atoms with van der Waals surface area (Å²) in [5.41, 5.74) is 0. The maximum Gasteiger partial charge on any atom is 0.187 e. The smallest absolute Gasteiger partial charge is 0.187 e. The largest absolute Gasteiger partial charge is 0.395 e. The van der Waals surface area contributed by atoms with Crippen LogP contribution in [0.1, 0.15) is 9.67 Å². The van der Waals surface area contributed by atoms with Gasteiger partial charge in [-0.2, -0.15) is 0 Å². The first-order valence-electron chi connectivity index (χ1n) is 6.02. The molecule has 0 aliphatic carbocycles. The van der Waals surface area contributed by atoms with Crippen molar-refractivity contribution in [1.82, 2.24) is 9.80 Å². The Bertz CT molecular complexity index is 403. The second-order valence-corrected chi connectivity index (χ2v) is 6.13. The van der Waals surface area contributed by atoms with Gasteiger partial charge in [-0.15, -0.1) is 11.3 Å². The summed E-state index contributed by atoms with van der Waals surface area (Å²) in [5, 5.41) is 10.8. The zero-order valence-corrected chi connectivity index (χ0v) is 12.5. The molecular weight excluding hydrogens is 316 g/mol. The van der Waals surface area contributed by atoms with E-state index in [0.29, 0.717) is 6.54 Å². The molecule has 0 spiro atoms. The van der Waals surface area contributed by atoms with Crippen molar-refractivity contribution in [3.05, 3.63) is 20.8 Å². The SMILES string of the molecule is O=C(CN1CCN(CCO)CC1)c1sccc1Br. The molecule has 0 aromatic carbocycles. The molecule has 1 fully saturated rings. The highest BCUT2D eigenvalue weighted by molar-refractivity contribution is 9.10. The van der Waals surface area contributed by atoms with Crippen molar-refractivity contribution in [2.45, 2.75) is 0 Å². The van der Waals surface area contributed by atoms with E-state index in [1.165, 1.54) is 11.3 Å². The quantitative estimate of drug-likeness (QED) is 0.825. The lowest BCUT2D eigenvalue weighted by Gasteiger charge is -2.33. The fourth-order valence-electron chi connectivity index (χ4n) is 2.08. The van der Waals surface area contributed by atoms with E-state index in [0.717, 1.165) is 42.1 Å². The standard InChI is InChI=1S/C12H17BrN2O2S/c13-10-1-8-18-12(10)11(17)9-15-4-2-14(3-5-15)6-7-16/h1,8,16H,2-7,9H2. The Morgan fingerprint density at radius 1 is 1.33 bits per heavy atom. The fourth-order valence-corrected chi connectivity index (χ4v) is 3.61.